The lowest BCUT2D eigenvalue weighted by atomic mass is 10.1. The third-order valence-corrected chi connectivity index (χ3v) is 4.65. The Bertz CT molecular complexity index is 935. The Labute approximate surface area is 156 Å². The molecule has 1 aromatic heterocycles. The number of nitrogens with zero attached hydrogens (tertiary/aromatic N) is 3. The average molecular weight is 365 g/mol. The van der Waals surface area contributed by atoms with Crippen LogP contribution in [0.15, 0.2) is 53.1 Å². The van der Waals surface area contributed by atoms with Gasteiger partial charge in [0.1, 0.15) is 11.5 Å². The number of hydrogen-bond acceptors (Lipinski definition) is 6. The van der Waals surface area contributed by atoms with E-state index in [0.29, 0.717) is 24.7 Å². The number of amides is 1. The van der Waals surface area contributed by atoms with Gasteiger partial charge >= 0.3 is 0 Å². The smallest absolute Gasteiger partial charge is 0.257 e. The topological polar surface area (TPSA) is 77.7 Å². The van der Waals surface area contributed by atoms with Gasteiger partial charge in [-0.15, -0.1) is 0 Å². The van der Waals surface area contributed by atoms with Crippen molar-refractivity contribution in [1.82, 2.24) is 10.1 Å². The predicted octanol–water partition coefficient (Wildman–Crippen LogP) is 3.27. The number of methoxy groups -OCH3 is 2. The van der Waals surface area contributed by atoms with Crippen LogP contribution in [0.3, 0.4) is 0 Å². The summed E-state index contributed by atoms with van der Waals surface area (Å²) in [7, 11) is 3.23. The van der Waals surface area contributed by atoms with Gasteiger partial charge in [-0.05, 0) is 48.5 Å². The fraction of sp³-hybridized carbons (Fsp3) is 0.250. The van der Waals surface area contributed by atoms with Crippen LogP contribution in [0.5, 0.6) is 11.5 Å². The highest BCUT2D eigenvalue weighted by atomic mass is 16.5. The maximum atomic E-state index is 12.5. The Kier molecular flexibility index (Phi) is 4.50. The number of benzene rings is 2. The Morgan fingerprint density at radius 3 is 2.26 bits per heavy atom. The van der Waals surface area contributed by atoms with Crippen LogP contribution in [0.1, 0.15) is 18.2 Å². The van der Waals surface area contributed by atoms with Gasteiger partial charge in [0.2, 0.25) is 5.91 Å². The van der Waals surface area contributed by atoms with Gasteiger partial charge in [-0.2, -0.15) is 4.98 Å². The quantitative estimate of drug-likeness (QED) is 0.691. The van der Waals surface area contributed by atoms with E-state index < -0.39 is 0 Å². The van der Waals surface area contributed by atoms with Crippen LogP contribution in [-0.4, -0.2) is 36.8 Å². The zero-order valence-electron chi connectivity index (χ0n) is 15.1. The number of ether oxygens (including phenoxy) is 2. The average Bonchev–Trinajstić information content (AvgIpc) is 3.35. The molecule has 27 heavy (non-hydrogen) atoms. The molecule has 3 aromatic rings. The third-order valence-electron chi connectivity index (χ3n) is 4.65. The highest BCUT2D eigenvalue weighted by Gasteiger charge is 2.34. The van der Waals surface area contributed by atoms with E-state index in [0.717, 1.165) is 22.7 Å². The standard InChI is InChI=1S/C20H19N3O4/c1-25-16-7-3-13(4-8-16)20-21-19(22-27-20)14-11-18(24)23(12-14)15-5-9-17(26-2)10-6-15/h3-10,14H,11-12H2,1-2H3/t14-/m0/s1. The molecule has 1 aliphatic heterocycles. The summed E-state index contributed by atoms with van der Waals surface area (Å²) in [5.74, 6) is 2.43. The molecule has 0 N–H and O–H groups in total. The number of aromatic nitrogens is 2. The molecule has 4 rings (SSSR count). The first kappa shape index (κ1) is 17.1. The fourth-order valence-corrected chi connectivity index (χ4v) is 3.14. The molecule has 1 aliphatic rings. The summed E-state index contributed by atoms with van der Waals surface area (Å²) in [6.07, 6.45) is 0.355. The van der Waals surface area contributed by atoms with Crippen molar-refractivity contribution in [3.63, 3.8) is 0 Å². The molecule has 1 atom stereocenters. The fourth-order valence-electron chi connectivity index (χ4n) is 3.14. The lowest BCUT2D eigenvalue weighted by molar-refractivity contribution is -0.117. The summed E-state index contributed by atoms with van der Waals surface area (Å²) in [6, 6.07) is 14.8. The molecular formula is C20H19N3O4. The molecule has 7 heteroatoms. The van der Waals surface area contributed by atoms with Crippen molar-refractivity contribution >= 4 is 11.6 Å². The Hall–Kier alpha value is -3.35. The highest BCUT2D eigenvalue weighted by Crippen LogP contribution is 2.32. The van der Waals surface area contributed by atoms with Crippen molar-refractivity contribution in [3.8, 4) is 23.0 Å². The number of rotatable bonds is 5. The van der Waals surface area contributed by atoms with Crippen LogP contribution in [0.4, 0.5) is 5.69 Å². The minimum absolute atomic E-state index is 0.0426. The number of carbonyl (C=O) groups excluding carboxylic acids is 1. The van der Waals surface area contributed by atoms with Gasteiger partial charge in [0.25, 0.3) is 5.89 Å². The van der Waals surface area contributed by atoms with Gasteiger partial charge in [-0.25, -0.2) is 0 Å². The Morgan fingerprint density at radius 2 is 1.63 bits per heavy atom. The SMILES string of the molecule is COc1ccc(-c2nc([C@H]3CC(=O)N(c4ccc(OC)cc4)C3)no2)cc1. The molecule has 0 aliphatic carbocycles. The van der Waals surface area contributed by atoms with Crippen molar-refractivity contribution in [2.24, 2.45) is 0 Å². The summed E-state index contributed by atoms with van der Waals surface area (Å²) in [5, 5.41) is 4.09. The molecule has 2 aromatic carbocycles. The zero-order chi connectivity index (χ0) is 18.8. The minimum atomic E-state index is -0.102. The van der Waals surface area contributed by atoms with Crippen molar-refractivity contribution in [3.05, 3.63) is 54.4 Å². The van der Waals surface area contributed by atoms with E-state index in [2.05, 4.69) is 10.1 Å². The maximum Gasteiger partial charge on any atom is 0.257 e. The van der Waals surface area contributed by atoms with Crippen molar-refractivity contribution < 1.29 is 18.8 Å². The van der Waals surface area contributed by atoms with E-state index in [-0.39, 0.29) is 11.8 Å². The summed E-state index contributed by atoms with van der Waals surface area (Å²) >= 11 is 0. The van der Waals surface area contributed by atoms with E-state index in [1.54, 1.807) is 19.1 Å². The summed E-state index contributed by atoms with van der Waals surface area (Å²) < 4.78 is 15.7. The van der Waals surface area contributed by atoms with Gasteiger partial charge in [0.15, 0.2) is 5.82 Å². The van der Waals surface area contributed by atoms with E-state index >= 15 is 0 Å². The largest absolute Gasteiger partial charge is 0.497 e. The first-order valence-electron chi connectivity index (χ1n) is 8.60. The first-order chi connectivity index (χ1) is 13.2. The van der Waals surface area contributed by atoms with E-state index in [9.17, 15) is 4.79 Å². The molecular weight excluding hydrogens is 346 g/mol. The molecule has 2 heterocycles. The number of hydrogen-bond donors (Lipinski definition) is 0. The second kappa shape index (κ2) is 7.11. The second-order valence-corrected chi connectivity index (χ2v) is 6.29. The number of carbonyl (C=O) groups is 1. The third kappa shape index (κ3) is 3.36. The monoisotopic (exact) mass is 365 g/mol. The molecule has 0 spiro atoms. The molecule has 0 unspecified atom stereocenters. The molecule has 0 radical (unpaired) electrons. The van der Waals surface area contributed by atoms with Gasteiger partial charge in [-0.1, -0.05) is 5.16 Å². The van der Waals surface area contributed by atoms with Gasteiger partial charge < -0.3 is 18.9 Å². The van der Waals surface area contributed by atoms with Crippen molar-refractivity contribution in [1.29, 1.82) is 0 Å². The minimum Gasteiger partial charge on any atom is -0.497 e. The van der Waals surface area contributed by atoms with Gasteiger partial charge in [0, 0.05) is 30.1 Å². The molecule has 1 saturated heterocycles. The van der Waals surface area contributed by atoms with Crippen LogP contribution >= 0.6 is 0 Å². The first-order valence-corrected chi connectivity index (χ1v) is 8.60. The van der Waals surface area contributed by atoms with Gasteiger partial charge in [0.05, 0.1) is 14.2 Å². The molecule has 1 fully saturated rings. The van der Waals surface area contributed by atoms with Crippen LogP contribution in [0.2, 0.25) is 0 Å². The molecule has 0 bridgehead atoms. The van der Waals surface area contributed by atoms with Crippen LogP contribution < -0.4 is 14.4 Å². The van der Waals surface area contributed by atoms with Crippen LogP contribution in [0, 0.1) is 0 Å². The second-order valence-electron chi connectivity index (χ2n) is 6.29. The highest BCUT2D eigenvalue weighted by molar-refractivity contribution is 5.96. The van der Waals surface area contributed by atoms with Gasteiger partial charge in [-0.3, -0.25) is 4.79 Å². The summed E-state index contributed by atoms with van der Waals surface area (Å²) in [4.78, 5) is 18.7. The summed E-state index contributed by atoms with van der Waals surface area (Å²) in [5.41, 5.74) is 1.65. The Morgan fingerprint density at radius 1 is 1.00 bits per heavy atom. The zero-order valence-corrected chi connectivity index (χ0v) is 15.1. The van der Waals surface area contributed by atoms with Crippen LogP contribution in [-0.2, 0) is 4.79 Å². The van der Waals surface area contributed by atoms with Crippen LogP contribution in [0.25, 0.3) is 11.5 Å². The lowest BCUT2D eigenvalue weighted by Crippen LogP contribution is -2.24. The van der Waals surface area contributed by atoms with E-state index in [4.69, 9.17) is 14.0 Å². The van der Waals surface area contributed by atoms with E-state index in [1.807, 2.05) is 48.5 Å². The molecule has 138 valence electrons. The van der Waals surface area contributed by atoms with E-state index in [1.165, 1.54) is 0 Å². The predicted molar refractivity (Wildman–Crippen MR) is 99.0 cm³/mol. The Balaban J connectivity index is 1.51. The summed E-state index contributed by atoms with van der Waals surface area (Å²) in [6.45, 7) is 0.521. The maximum absolute atomic E-state index is 12.5. The molecule has 0 saturated carbocycles. The molecule has 7 nitrogen and oxygen atoms in total. The lowest BCUT2D eigenvalue weighted by Gasteiger charge is -2.16. The van der Waals surface area contributed by atoms with Crippen molar-refractivity contribution in [2.75, 3.05) is 25.7 Å². The number of anilines is 1. The van der Waals surface area contributed by atoms with Crippen molar-refractivity contribution in [2.45, 2.75) is 12.3 Å². The normalized spacial score (nSPS) is 16.6. The molecule has 1 amide bonds.